The third kappa shape index (κ3) is 6.83. The van der Waals surface area contributed by atoms with Crippen molar-refractivity contribution in [2.24, 2.45) is 5.10 Å². The lowest BCUT2D eigenvalue weighted by Crippen LogP contribution is -2.24. The van der Waals surface area contributed by atoms with Crippen LogP contribution >= 0.6 is 0 Å². The van der Waals surface area contributed by atoms with Crippen molar-refractivity contribution in [2.75, 3.05) is 25.6 Å². The van der Waals surface area contributed by atoms with Crippen molar-refractivity contribution in [3.05, 3.63) is 48.0 Å². The number of hydrazone groups is 1. The first-order valence-corrected chi connectivity index (χ1v) is 9.30. The molecule has 150 valence electrons. The largest absolute Gasteiger partial charge is 0.494 e. The minimum atomic E-state index is -0.436. The summed E-state index contributed by atoms with van der Waals surface area (Å²) in [6.45, 7) is 5.26. The molecular weight excluding hydrogens is 358 g/mol. The van der Waals surface area contributed by atoms with Gasteiger partial charge < -0.3 is 19.5 Å². The molecule has 0 spiro atoms. The van der Waals surface area contributed by atoms with Crippen LogP contribution in [0.25, 0.3) is 0 Å². The van der Waals surface area contributed by atoms with E-state index in [4.69, 9.17) is 14.2 Å². The second-order valence-corrected chi connectivity index (χ2v) is 5.89. The number of urea groups is 1. The highest BCUT2D eigenvalue weighted by atomic mass is 16.5. The molecule has 0 aliphatic heterocycles. The third-order valence-corrected chi connectivity index (χ3v) is 3.75. The normalized spacial score (nSPS) is 10.5. The molecule has 0 aliphatic carbocycles. The summed E-state index contributed by atoms with van der Waals surface area (Å²) in [6.07, 6.45) is 3.63. The fourth-order valence-corrected chi connectivity index (χ4v) is 2.33. The maximum absolute atomic E-state index is 11.9. The molecule has 0 heterocycles. The number of unbranched alkanes of at least 4 members (excludes halogenated alkanes) is 1. The van der Waals surface area contributed by atoms with E-state index in [0.29, 0.717) is 30.4 Å². The SMILES string of the molecule is CCCCOc1ccc(NC(=O)NN=Cc2ccc(OCC)c(OC)c2)cc1. The van der Waals surface area contributed by atoms with E-state index < -0.39 is 6.03 Å². The Morgan fingerprint density at radius 2 is 1.86 bits per heavy atom. The van der Waals surface area contributed by atoms with Crippen molar-refractivity contribution in [3.63, 3.8) is 0 Å². The lowest BCUT2D eigenvalue weighted by Gasteiger charge is -2.09. The molecule has 2 amide bonds. The van der Waals surface area contributed by atoms with E-state index in [0.717, 1.165) is 24.2 Å². The van der Waals surface area contributed by atoms with Crippen molar-refractivity contribution < 1.29 is 19.0 Å². The first-order chi connectivity index (χ1) is 13.7. The topological polar surface area (TPSA) is 81.2 Å². The molecule has 0 bridgehead atoms. The third-order valence-electron chi connectivity index (χ3n) is 3.75. The standard InChI is InChI=1S/C21H27N3O4/c1-4-6-13-28-18-10-8-17(9-11-18)23-21(25)24-22-15-16-7-12-19(27-5-2)20(14-16)26-3/h7-12,14-15H,4-6,13H2,1-3H3,(H2,23,24,25). The average molecular weight is 385 g/mol. The van der Waals surface area contributed by atoms with E-state index >= 15 is 0 Å². The molecule has 2 rings (SSSR count). The van der Waals surface area contributed by atoms with Gasteiger partial charge in [0.05, 0.1) is 26.5 Å². The fourth-order valence-electron chi connectivity index (χ4n) is 2.33. The van der Waals surface area contributed by atoms with E-state index in [1.165, 1.54) is 6.21 Å². The zero-order valence-corrected chi connectivity index (χ0v) is 16.5. The summed E-state index contributed by atoms with van der Waals surface area (Å²) in [6, 6.07) is 12.2. The number of nitrogens with zero attached hydrogens (tertiary/aromatic N) is 1. The Bertz CT molecular complexity index is 776. The minimum Gasteiger partial charge on any atom is -0.494 e. The van der Waals surface area contributed by atoms with Crippen LogP contribution in [-0.4, -0.2) is 32.6 Å². The maximum Gasteiger partial charge on any atom is 0.339 e. The van der Waals surface area contributed by atoms with Crippen molar-refractivity contribution >= 4 is 17.9 Å². The summed E-state index contributed by atoms with van der Waals surface area (Å²) in [4.78, 5) is 11.9. The summed E-state index contributed by atoms with van der Waals surface area (Å²) >= 11 is 0. The number of methoxy groups -OCH3 is 1. The van der Waals surface area contributed by atoms with Gasteiger partial charge in [0.2, 0.25) is 0 Å². The zero-order valence-electron chi connectivity index (χ0n) is 16.5. The van der Waals surface area contributed by atoms with Crippen LogP contribution in [0.4, 0.5) is 10.5 Å². The predicted octanol–water partition coefficient (Wildman–Crippen LogP) is 4.43. The van der Waals surface area contributed by atoms with Crippen LogP contribution in [0.15, 0.2) is 47.6 Å². The van der Waals surface area contributed by atoms with Gasteiger partial charge in [0.15, 0.2) is 11.5 Å². The Morgan fingerprint density at radius 3 is 2.54 bits per heavy atom. The molecule has 0 aromatic heterocycles. The molecule has 0 saturated heterocycles. The number of hydrogen-bond acceptors (Lipinski definition) is 5. The van der Waals surface area contributed by atoms with Crippen LogP contribution in [0.3, 0.4) is 0 Å². The molecule has 7 heteroatoms. The van der Waals surface area contributed by atoms with Crippen LogP contribution in [0.1, 0.15) is 32.3 Å². The number of ether oxygens (including phenoxy) is 3. The first kappa shape index (κ1) is 21.1. The summed E-state index contributed by atoms with van der Waals surface area (Å²) in [5.74, 6) is 2.05. The number of benzene rings is 2. The van der Waals surface area contributed by atoms with E-state index in [2.05, 4.69) is 22.8 Å². The summed E-state index contributed by atoms with van der Waals surface area (Å²) in [7, 11) is 1.57. The highest BCUT2D eigenvalue weighted by Crippen LogP contribution is 2.27. The fraction of sp³-hybridized carbons (Fsp3) is 0.333. The quantitative estimate of drug-likeness (QED) is 0.360. The van der Waals surface area contributed by atoms with Gasteiger partial charge >= 0.3 is 6.03 Å². The molecule has 2 N–H and O–H groups in total. The van der Waals surface area contributed by atoms with Gasteiger partial charge in [-0.05, 0) is 61.4 Å². The Morgan fingerprint density at radius 1 is 1.07 bits per heavy atom. The van der Waals surface area contributed by atoms with Crippen molar-refractivity contribution in [2.45, 2.75) is 26.7 Å². The molecule has 0 unspecified atom stereocenters. The van der Waals surface area contributed by atoms with Crippen LogP contribution < -0.4 is 25.0 Å². The van der Waals surface area contributed by atoms with E-state index in [9.17, 15) is 4.79 Å². The maximum atomic E-state index is 11.9. The van der Waals surface area contributed by atoms with Gasteiger partial charge in [-0.1, -0.05) is 13.3 Å². The van der Waals surface area contributed by atoms with Gasteiger partial charge in [0, 0.05) is 5.69 Å². The Hall–Kier alpha value is -3.22. The Kier molecular flexibility index (Phi) is 8.65. The van der Waals surface area contributed by atoms with Gasteiger partial charge in [-0.2, -0.15) is 5.10 Å². The van der Waals surface area contributed by atoms with Crippen LogP contribution in [0, 0.1) is 0 Å². The zero-order chi connectivity index (χ0) is 20.2. The number of amides is 2. The second kappa shape index (κ2) is 11.5. The summed E-state index contributed by atoms with van der Waals surface area (Å²) in [5, 5.41) is 6.66. The van der Waals surface area contributed by atoms with Crippen LogP contribution in [0.2, 0.25) is 0 Å². The molecule has 0 aliphatic rings. The molecule has 0 atom stereocenters. The minimum absolute atomic E-state index is 0.436. The lowest BCUT2D eigenvalue weighted by molar-refractivity contribution is 0.252. The van der Waals surface area contributed by atoms with E-state index in [1.54, 1.807) is 31.4 Å². The number of nitrogens with one attached hydrogen (secondary N) is 2. The van der Waals surface area contributed by atoms with Crippen LogP contribution in [-0.2, 0) is 0 Å². The number of carbonyl (C=O) groups is 1. The average Bonchev–Trinajstić information content (AvgIpc) is 2.70. The monoisotopic (exact) mass is 385 g/mol. The Balaban J connectivity index is 1.84. The van der Waals surface area contributed by atoms with Crippen molar-refractivity contribution in [3.8, 4) is 17.2 Å². The van der Waals surface area contributed by atoms with Gasteiger partial charge in [-0.3, -0.25) is 0 Å². The lowest BCUT2D eigenvalue weighted by atomic mass is 10.2. The number of rotatable bonds is 10. The highest BCUT2D eigenvalue weighted by Gasteiger charge is 2.04. The van der Waals surface area contributed by atoms with Crippen LogP contribution in [0.5, 0.6) is 17.2 Å². The molecule has 2 aromatic rings. The van der Waals surface area contributed by atoms with E-state index in [-0.39, 0.29) is 0 Å². The smallest absolute Gasteiger partial charge is 0.339 e. The van der Waals surface area contributed by atoms with Gasteiger partial charge in [-0.15, -0.1) is 0 Å². The number of hydrogen-bond donors (Lipinski definition) is 2. The molecule has 2 aromatic carbocycles. The highest BCUT2D eigenvalue weighted by molar-refractivity contribution is 5.90. The number of carbonyl (C=O) groups excluding carboxylic acids is 1. The Labute approximate surface area is 165 Å². The van der Waals surface area contributed by atoms with Crippen molar-refractivity contribution in [1.29, 1.82) is 0 Å². The molecule has 28 heavy (non-hydrogen) atoms. The first-order valence-electron chi connectivity index (χ1n) is 9.30. The summed E-state index contributed by atoms with van der Waals surface area (Å²) < 4.78 is 16.4. The molecular formula is C21H27N3O4. The summed E-state index contributed by atoms with van der Waals surface area (Å²) in [5.41, 5.74) is 3.85. The predicted molar refractivity (Wildman–Crippen MR) is 111 cm³/mol. The van der Waals surface area contributed by atoms with Gasteiger partial charge in [0.25, 0.3) is 0 Å². The molecule has 0 saturated carbocycles. The van der Waals surface area contributed by atoms with Crippen molar-refractivity contribution in [1.82, 2.24) is 5.43 Å². The van der Waals surface area contributed by atoms with Gasteiger partial charge in [0.1, 0.15) is 5.75 Å². The van der Waals surface area contributed by atoms with E-state index in [1.807, 2.05) is 25.1 Å². The molecule has 7 nitrogen and oxygen atoms in total. The molecule has 0 radical (unpaired) electrons. The second-order valence-electron chi connectivity index (χ2n) is 5.89. The number of anilines is 1. The molecule has 0 fully saturated rings. The van der Waals surface area contributed by atoms with Gasteiger partial charge in [-0.25, -0.2) is 10.2 Å².